The number of rotatable bonds is 1. The first-order valence-corrected chi connectivity index (χ1v) is 6.48. The number of halogens is 1. The second-order valence-corrected chi connectivity index (χ2v) is 4.93. The van der Waals surface area contributed by atoms with E-state index in [0.717, 1.165) is 35.1 Å². The molecule has 19 heavy (non-hydrogen) atoms. The van der Waals surface area contributed by atoms with Crippen molar-refractivity contribution in [3.05, 3.63) is 40.0 Å². The van der Waals surface area contributed by atoms with Gasteiger partial charge < -0.3 is 10.1 Å². The van der Waals surface area contributed by atoms with Gasteiger partial charge in [0.15, 0.2) is 0 Å². The molecule has 1 aromatic carbocycles. The highest BCUT2D eigenvalue weighted by Gasteiger charge is 2.22. The number of esters is 1. The first kappa shape index (κ1) is 12.4. The predicted octanol–water partition coefficient (Wildman–Crippen LogP) is 2.32. The molecule has 0 unspecified atom stereocenters. The number of hydrogen-bond donors (Lipinski definition) is 1. The molecule has 5 heteroatoms. The van der Waals surface area contributed by atoms with Gasteiger partial charge in [0.2, 0.25) is 0 Å². The van der Waals surface area contributed by atoms with Gasteiger partial charge in [-0.15, -0.1) is 0 Å². The Balaban J connectivity index is 2.36. The number of nitrogens with one attached hydrogen (secondary N) is 1. The topological polar surface area (TPSA) is 51.2 Å². The molecule has 0 saturated carbocycles. The van der Waals surface area contributed by atoms with E-state index in [2.05, 4.69) is 10.3 Å². The summed E-state index contributed by atoms with van der Waals surface area (Å²) < 4.78 is 4.91. The molecule has 1 aliphatic heterocycles. The normalized spacial score (nSPS) is 14.2. The third-order valence-electron chi connectivity index (χ3n) is 3.36. The first-order chi connectivity index (χ1) is 9.20. The van der Waals surface area contributed by atoms with Crippen LogP contribution in [0.3, 0.4) is 0 Å². The molecule has 0 radical (unpaired) electrons. The van der Waals surface area contributed by atoms with Crippen LogP contribution in [0.15, 0.2) is 18.2 Å². The zero-order valence-electron chi connectivity index (χ0n) is 10.5. The number of aromatic nitrogens is 1. The summed E-state index contributed by atoms with van der Waals surface area (Å²) in [6.45, 7) is 1.51. The standard InChI is InChI=1S/C14H13ClN2O2/c1-19-14(18)13-9-3-2-8(15)6-12(9)17-11-4-5-16-7-10(11)13/h2-3,6,16H,4-5,7H2,1H3. The lowest BCUT2D eigenvalue weighted by Crippen LogP contribution is -2.27. The van der Waals surface area contributed by atoms with Gasteiger partial charge in [0.05, 0.1) is 18.2 Å². The minimum atomic E-state index is -0.324. The number of methoxy groups -OCH3 is 1. The van der Waals surface area contributed by atoms with Crippen LogP contribution in [-0.4, -0.2) is 24.6 Å². The molecule has 1 N–H and O–H groups in total. The van der Waals surface area contributed by atoms with Crippen molar-refractivity contribution in [3.8, 4) is 0 Å². The summed E-state index contributed by atoms with van der Waals surface area (Å²) in [5.74, 6) is -0.324. The van der Waals surface area contributed by atoms with Crippen LogP contribution >= 0.6 is 11.6 Å². The summed E-state index contributed by atoms with van der Waals surface area (Å²) in [7, 11) is 1.40. The Morgan fingerprint density at radius 2 is 2.32 bits per heavy atom. The highest BCUT2D eigenvalue weighted by molar-refractivity contribution is 6.31. The van der Waals surface area contributed by atoms with Gasteiger partial charge in [0.25, 0.3) is 0 Å². The number of carbonyl (C=O) groups is 1. The molecule has 2 heterocycles. The van der Waals surface area contributed by atoms with Crippen molar-refractivity contribution < 1.29 is 9.53 Å². The van der Waals surface area contributed by atoms with Gasteiger partial charge in [-0.05, 0) is 12.1 Å². The second-order valence-electron chi connectivity index (χ2n) is 4.49. The van der Waals surface area contributed by atoms with E-state index < -0.39 is 0 Å². The molecule has 0 spiro atoms. The zero-order chi connectivity index (χ0) is 13.4. The summed E-state index contributed by atoms with van der Waals surface area (Å²) in [5, 5.41) is 4.67. The Morgan fingerprint density at radius 3 is 3.11 bits per heavy atom. The maximum absolute atomic E-state index is 12.1. The lowest BCUT2D eigenvalue weighted by Gasteiger charge is -2.20. The number of carbonyl (C=O) groups excluding carboxylic acids is 1. The van der Waals surface area contributed by atoms with E-state index >= 15 is 0 Å². The summed E-state index contributed by atoms with van der Waals surface area (Å²) in [6.07, 6.45) is 0.807. The fourth-order valence-corrected chi connectivity index (χ4v) is 2.65. The summed E-state index contributed by atoms with van der Waals surface area (Å²) in [5.41, 5.74) is 3.24. The minimum absolute atomic E-state index is 0.324. The Bertz CT molecular complexity index is 670. The van der Waals surface area contributed by atoms with Crippen LogP contribution in [0.25, 0.3) is 10.9 Å². The summed E-state index contributed by atoms with van der Waals surface area (Å²) >= 11 is 6.00. The molecule has 0 atom stereocenters. The molecule has 4 nitrogen and oxygen atoms in total. The Hall–Kier alpha value is -1.65. The third-order valence-corrected chi connectivity index (χ3v) is 3.60. The van der Waals surface area contributed by atoms with Crippen LogP contribution in [-0.2, 0) is 17.7 Å². The quantitative estimate of drug-likeness (QED) is 0.812. The SMILES string of the molecule is COC(=O)c1c2c(nc3cc(Cl)ccc13)CCNC2. The predicted molar refractivity (Wildman–Crippen MR) is 73.5 cm³/mol. The highest BCUT2D eigenvalue weighted by Crippen LogP contribution is 2.28. The van der Waals surface area contributed by atoms with Crippen LogP contribution in [0.1, 0.15) is 21.6 Å². The van der Waals surface area contributed by atoms with Crippen molar-refractivity contribution in [1.29, 1.82) is 0 Å². The van der Waals surface area contributed by atoms with Crippen molar-refractivity contribution in [2.45, 2.75) is 13.0 Å². The minimum Gasteiger partial charge on any atom is -0.465 e. The lowest BCUT2D eigenvalue weighted by molar-refractivity contribution is 0.0601. The number of hydrogen-bond acceptors (Lipinski definition) is 4. The Morgan fingerprint density at radius 1 is 1.47 bits per heavy atom. The van der Waals surface area contributed by atoms with Crippen LogP contribution in [0.2, 0.25) is 5.02 Å². The molecule has 0 aliphatic carbocycles. The third kappa shape index (κ3) is 2.07. The molecule has 98 valence electrons. The Kier molecular flexibility index (Phi) is 3.12. The average molecular weight is 277 g/mol. The molecule has 3 rings (SSSR count). The summed E-state index contributed by atoms with van der Waals surface area (Å²) in [6, 6.07) is 5.37. The van der Waals surface area contributed by atoms with E-state index in [9.17, 15) is 4.79 Å². The number of benzene rings is 1. The summed E-state index contributed by atoms with van der Waals surface area (Å²) in [4.78, 5) is 16.7. The van der Waals surface area contributed by atoms with Gasteiger partial charge in [-0.25, -0.2) is 4.79 Å². The highest BCUT2D eigenvalue weighted by atomic mass is 35.5. The molecular weight excluding hydrogens is 264 g/mol. The van der Waals surface area contributed by atoms with Gasteiger partial charge >= 0.3 is 5.97 Å². The smallest absolute Gasteiger partial charge is 0.338 e. The molecule has 0 bridgehead atoms. The van der Waals surface area contributed by atoms with E-state index in [1.165, 1.54) is 7.11 Å². The van der Waals surface area contributed by atoms with Gasteiger partial charge in [-0.3, -0.25) is 4.98 Å². The number of fused-ring (bicyclic) bond motifs is 2. The van der Waals surface area contributed by atoms with E-state index in [1.807, 2.05) is 6.07 Å². The molecule has 0 amide bonds. The maximum Gasteiger partial charge on any atom is 0.338 e. The van der Waals surface area contributed by atoms with Crippen molar-refractivity contribution in [3.63, 3.8) is 0 Å². The van der Waals surface area contributed by atoms with Crippen LogP contribution in [0.4, 0.5) is 0 Å². The fraction of sp³-hybridized carbons (Fsp3) is 0.286. The van der Waals surface area contributed by atoms with E-state index in [1.54, 1.807) is 12.1 Å². The van der Waals surface area contributed by atoms with E-state index in [0.29, 0.717) is 17.1 Å². The lowest BCUT2D eigenvalue weighted by atomic mass is 9.97. The number of nitrogens with zero attached hydrogens (tertiary/aromatic N) is 1. The molecule has 1 aliphatic rings. The Labute approximate surface area is 115 Å². The van der Waals surface area contributed by atoms with Crippen LogP contribution in [0.5, 0.6) is 0 Å². The first-order valence-electron chi connectivity index (χ1n) is 6.10. The van der Waals surface area contributed by atoms with Crippen LogP contribution < -0.4 is 5.32 Å². The number of pyridine rings is 1. The molecule has 0 fully saturated rings. The zero-order valence-corrected chi connectivity index (χ0v) is 11.3. The van der Waals surface area contributed by atoms with E-state index in [4.69, 9.17) is 16.3 Å². The van der Waals surface area contributed by atoms with E-state index in [-0.39, 0.29) is 5.97 Å². The van der Waals surface area contributed by atoms with Crippen molar-refractivity contribution in [2.24, 2.45) is 0 Å². The van der Waals surface area contributed by atoms with Crippen molar-refractivity contribution in [2.75, 3.05) is 13.7 Å². The van der Waals surface area contributed by atoms with Gasteiger partial charge in [-0.1, -0.05) is 17.7 Å². The number of ether oxygens (including phenoxy) is 1. The molecule has 0 saturated heterocycles. The van der Waals surface area contributed by atoms with Crippen molar-refractivity contribution >= 4 is 28.5 Å². The van der Waals surface area contributed by atoms with Gasteiger partial charge in [0.1, 0.15) is 0 Å². The van der Waals surface area contributed by atoms with Crippen molar-refractivity contribution in [1.82, 2.24) is 10.3 Å². The largest absolute Gasteiger partial charge is 0.465 e. The second kappa shape index (κ2) is 4.79. The van der Waals surface area contributed by atoms with Gasteiger partial charge in [0, 0.05) is 41.2 Å². The average Bonchev–Trinajstić information content (AvgIpc) is 2.43. The molecule has 2 aromatic rings. The maximum atomic E-state index is 12.1. The molecular formula is C14H13ClN2O2. The fourth-order valence-electron chi connectivity index (χ4n) is 2.48. The van der Waals surface area contributed by atoms with Gasteiger partial charge in [-0.2, -0.15) is 0 Å². The molecule has 1 aromatic heterocycles. The monoisotopic (exact) mass is 276 g/mol. The van der Waals surface area contributed by atoms with Crippen LogP contribution in [0, 0.1) is 0 Å².